The first-order valence-electron chi connectivity index (χ1n) is 3.78. The number of nitrogens with two attached hydrogens (primary N) is 1. The van der Waals surface area contributed by atoms with Crippen LogP contribution in [0.1, 0.15) is 17.3 Å². The lowest BCUT2D eigenvalue weighted by Crippen LogP contribution is -2.18. The van der Waals surface area contributed by atoms with E-state index in [0.717, 1.165) is 9.13 Å². The number of carbonyl (C=O) groups is 2. The van der Waals surface area contributed by atoms with Crippen molar-refractivity contribution >= 4 is 34.8 Å². The van der Waals surface area contributed by atoms with Crippen LogP contribution in [0, 0.1) is 3.57 Å². The molecule has 5 heteroatoms. The van der Waals surface area contributed by atoms with Crippen LogP contribution in [-0.4, -0.2) is 12.2 Å². The first-order valence-corrected chi connectivity index (χ1v) is 4.86. The second kappa shape index (κ2) is 7.45. The Hall–Kier alpha value is -0.950. The van der Waals surface area contributed by atoms with E-state index in [0.29, 0.717) is 6.41 Å². The summed E-state index contributed by atoms with van der Waals surface area (Å²) in [5.41, 5.74) is 2.53. The number of hydrogen-bond donors (Lipinski definition) is 2. The molecule has 0 radical (unpaired) electrons. The molecule has 76 valence electrons. The molecule has 0 aromatic heterocycles. The highest BCUT2D eigenvalue weighted by atomic mass is 127. The van der Waals surface area contributed by atoms with Crippen LogP contribution in [0.2, 0.25) is 0 Å². The van der Waals surface area contributed by atoms with Gasteiger partial charge in [0.05, 0.1) is 0 Å². The zero-order valence-electron chi connectivity index (χ0n) is 7.66. The van der Waals surface area contributed by atoms with Gasteiger partial charge in [-0.1, -0.05) is 12.1 Å². The van der Waals surface area contributed by atoms with Crippen LogP contribution in [0.5, 0.6) is 0 Å². The van der Waals surface area contributed by atoms with Crippen molar-refractivity contribution in [2.24, 2.45) is 5.84 Å². The number of amides is 1. The summed E-state index contributed by atoms with van der Waals surface area (Å²) >= 11 is 2.19. The number of Topliss-reactive ketones (excluding diaryl/α,β-unsaturated/α-hetero) is 1. The summed E-state index contributed by atoms with van der Waals surface area (Å²) in [6.45, 7) is 1.57. The molecule has 0 aliphatic carbocycles. The summed E-state index contributed by atoms with van der Waals surface area (Å²) in [5.74, 6) is 4.53. The second-order valence-corrected chi connectivity index (χ2v) is 3.60. The van der Waals surface area contributed by atoms with E-state index in [2.05, 4.69) is 28.4 Å². The Balaban J connectivity index is 0.000000364. The summed E-state index contributed by atoms with van der Waals surface area (Å²) in [6, 6.07) is 7.55. The van der Waals surface area contributed by atoms with Crippen molar-refractivity contribution < 1.29 is 9.59 Å². The summed E-state index contributed by atoms with van der Waals surface area (Å²) < 4.78 is 1.10. The number of hydrogen-bond acceptors (Lipinski definition) is 3. The first kappa shape index (κ1) is 13.1. The van der Waals surface area contributed by atoms with Gasteiger partial charge in [0.15, 0.2) is 5.78 Å². The number of carbonyl (C=O) groups excluding carboxylic acids is 2. The topological polar surface area (TPSA) is 72.2 Å². The van der Waals surface area contributed by atoms with Crippen molar-refractivity contribution in [2.75, 3.05) is 0 Å². The maximum absolute atomic E-state index is 10.8. The van der Waals surface area contributed by atoms with Gasteiger partial charge in [-0.2, -0.15) is 0 Å². The molecule has 1 aromatic rings. The fraction of sp³-hybridized carbons (Fsp3) is 0.111. The van der Waals surface area contributed by atoms with E-state index in [1.54, 1.807) is 12.3 Å². The summed E-state index contributed by atoms with van der Waals surface area (Å²) in [6.07, 6.45) is 0.403. The molecule has 0 bridgehead atoms. The predicted octanol–water partition coefficient (Wildman–Crippen LogP) is 1.10. The van der Waals surface area contributed by atoms with Crippen molar-refractivity contribution in [1.29, 1.82) is 0 Å². The van der Waals surface area contributed by atoms with Gasteiger partial charge in [0.25, 0.3) is 0 Å². The Morgan fingerprint density at radius 2 is 2.14 bits per heavy atom. The van der Waals surface area contributed by atoms with Crippen LogP contribution >= 0.6 is 22.6 Å². The Labute approximate surface area is 96.0 Å². The van der Waals surface area contributed by atoms with E-state index in [-0.39, 0.29) is 5.78 Å². The summed E-state index contributed by atoms with van der Waals surface area (Å²) in [4.78, 5) is 19.7. The zero-order valence-corrected chi connectivity index (χ0v) is 9.82. The fourth-order valence-corrected chi connectivity index (χ4v) is 1.25. The maximum atomic E-state index is 10.8. The minimum absolute atomic E-state index is 0.124. The molecule has 0 spiro atoms. The monoisotopic (exact) mass is 306 g/mol. The van der Waals surface area contributed by atoms with E-state index in [4.69, 9.17) is 4.79 Å². The SMILES string of the molecule is CC(=O)c1cccc(I)c1.NNC=O. The molecule has 1 amide bonds. The van der Waals surface area contributed by atoms with Gasteiger partial charge in [-0.15, -0.1) is 0 Å². The Bertz CT molecular complexity index is 315. The molecular formula is C9H11IN2O2. The zero-order chi connectivity index (χ0) is 11.0. The molecule has 1 aromatic carbocycles. The quantitative estimate of drug-likeness (QED) is 0.215. The largest absolute Gasteiger partial charge is 0.297 e. The predicted molar refractivity (Wildman–Crippen MR) is 62.6 cm³/mol. The average Bonchev–Trinajstić information content (AvgIpc) is 2.18. The molecule has 0 aliphatic heterocycles. The van der Waals surface area contributed by atoms with Crippen LogP contribution in [0.3, 0.4) is 0 Å². The molecule has 0 saturated carbocycles. The van der Waals surface area contributed by atoms with Crippen LogP contribution in [0.4, 0.5) is 0 Å². The summed E-state index contributed by atoms with van der Waals surface area (Å²) in [5, 5.41) is 0. The van der Waals surface area contributed by atoms with Gasteiger partial charge in [-0.3, -0.25) is 15.0 Å². The van der Waals surface area contributed by atoms with Gasteiger partial charge in [-0.25, -0.2) is 5.84 Å². The van der Waals surface area contributed by atoms with E-state index in [1.807, 2.05) is 24.3 Å². The molecule has 0 unspecified atom stereocenters. The molecule has 0 heterocycles. The number of halogens is 1. The lowest BCUT2D eigenvalue weighted by atomic mass is 10.2. The van der Waals surface area contributed by atoms with Gasteiger partial charge in [-0.05, 0) is 41.6 Å². The van der Waals surface area contributed by atoms with Gasteiger partial charge in [0, 0.05) is 9.13 Å². The molecular weight excluding hydrogens is 295 g/mol. The van der Waals surface area contributed by atoms with Crippen LogP contribution in [0.25, 0.3) is 0 Å². The number of nitrogens with one attached hydrogen (secondary N) is 1. The standard InChI is InChI=1S/C8H7IO.CH4N2O/c1-6(10)7-3-2-4-8(9)5-7;2-3-1-4/h2-5H,1H3;1H,2H2,(H,3,4). The van der Waals surface area contributed by atoms with E-state index < -0.39 is 0 Å². The lowest BCUT2D eigenvalue weighted by molar-refractivity contribution is -0.109. The van der Waals surface area contributed by atoms with Gasteiger partial charge in [0.1, 0.15) is 0 Å². The smallest absolute Gasteiger partial charge is 0.221 e. The Kier molecular flexibility index (Phi) is 6.95. The number of benzene rings is 1. The second-order valence-electron chi connectivity index (χ2n) is 2.35. The van der Waals surface area contributed by atoms with Gasteiger partial charge < -0.3 is 0 Å². The average molecular weight is 306 g/mol. The third-order valence-electron chi connectivity index (χ3n) is 1.30. The van der Waals surface area contributed by atoms with E-state index in [9.17, 15) is 4.79 Å². The molecule has 0 aliphatic rings. The Morgan fingerprint density at radius 1 is 1.57 bits per heavy atom. The van der Waals surface area contributed by atoms with Crippen LogP contribution < -0.4 is 11.3 Å². The van der Waals surface area contributed by atoms with E-state index in [1.165, 1.54) is 0 Å². The lowest BCUT2D eigenvalue weighted by Gasteiger charge is -1.93. The third-order valence-corrected chi connectivity index (χ3v) is 1.97. The highest BCUT2D eigenvalue weighted by molar-refractivity contribution is 14.1. The van der Waals surface area contributed by atoms with Crippen molar-refractivity contribution in [3.05, 3.63) is 33.4 Å². The highest BCUT2D eigenvalue weighted by Crippen LogP contribution is 2.07. The highest BCUT2D eigenvalue weighted by Gasteiger charge is 1.96. The van der Waals surface area contributed by atoms with E-state index >= 15 is 0 Å². The molecule has 0 fully saturated rings. The maximum Gasteiger partial charge on any atom is 0.221 e. The molecule has 4 nitrogen and oxygen atoms in total. The normalized spacial score (nSPS) is 8.21. The fourth-order valence-electron chi connectivity index (χ4n) is 0.707. The summed E-state index contributed by atoms with van der Waals surface area (Å²) in [7, 11) is 0. The molecule has 0 saturated heterocycles. The van der Waals surface area contributed by atoms with Gasteiger partial charge >= 0.3 is 0 Å². The minimum Gasteiger partial charge on any atom is -0.297 e. The van der Waals surface area contributed by atoms with Crippen molar-refractivity contribution in [2.45, 2.75) is 6.92 Å². The van der Waals surface area contributed by atoms with Crippen LogP contribution in [0.15, 0.2) is 24.3 Å². The number of rotatable bonds is 2. The third kappa shape index (κ3) is 5.65. The molecule has 0 atom stereocenters. The van der Waals surface area contributed by atoms with Crippen molar-refractivity contribution in [3.63, 3.8) is 0 Å². The molecule has 3 N–H and O–H groups in total. The molecule has 1 rings (SSSR count). The first-order chi connectivity index (χ1) is 6.61. The van der Waals surface area contributed by atoms with Crippen molar-refractivity contribution in [3.8, 4) is 0 Å². The number of hydrazine groups is 1. The van der Waals surface area contributed by atoms with Crippen LogP contribution in [-0.2, 0) is 4.79 Å². The van der Waals surface area contributed by atoms with Gasteiger partial charge in [0.2, 0.25) is 6.41 Å². The number of ketones is 1. The Morgan fingerprint density at radius 3 is 2.43 bits per heavy atom. The van der Waals surface area contributed by atoms with Crippen molar-refractivity contribution in [1.82, 2.24) is 5.43 Å². The minimum atomic E-state index is 0.124. The molecule has 14 heavy (non-hydrogen) atoms.